The van der Waals surface area contributed by atoms with E-state index in [0.29, 0.717) is 0 Å². The van der Waals surface area contributed by atoms with Crippen molar-refractivity contribution >= 4 is 0 Å². The highest BCUT2D eigenvalue weighted by atomic mass is 16.7. The molecule has 3 nitrogen and oxygen atoms in total. The smallest absolute Gasteiger partial charge is 0.170 e. The van der Waals surface area contributed by atoms with Crippen molar-refractivity contribution < 1.29 is 9.47 Å². The Morgan fingerprint density at radius 1 is 1.16 bits per heavy atom. The maximum absolute atomic E-state index is 6.22. The molecule has 2 heterocycles. The lowest BCUT2D eigenvalue weighted by Gasteiger charge is -2.38. The van der Waals surface area contributed by atoms with Crippen LogP contribution < -0.4 is 0 Å². The van der Waals surface area contributed by atoms with Crippen LogP contribution in [0.4, 0.5) is 0 Å². The lowest BCUT2D eigenvalue weighted by atomic mass is 9.87. The molecule has 0 amide bonds. The van der Waals surface area contributed by atoms with E-state index < -0.39 is 5.79 Å². The summed E-state index contributed by atoms with van der Waals surface area (Å²) in [6.45, 7) is 17.5. The van der Waals surface area contributed by atoms with Crippen molar-refractivity contribution in [2.24, 2.45) is 17.3 Å². The minimum atomic E-state index is -0.440. The number of rotatable bonds is 2. The second-order valence-electron chi connectivity index (χ2n) is 7.91. The van der Waals surface area contributed by atoms with Crippen LogP contribution in [-0.4, -0.2) is 43.0 Å². The molecule has 0 aromatic heterocycles. The molecule has 0 bridgehead atoms. The number of hydrogen-bond donors (Lipinski definition) is 0. The molecule has 0 aromatic carbocycles. The fraction of sp³-hybridized carbons (Fsp3) is 1.00. The summed E-state index contributed by atoms with van der Waals surface area (Å²) in [5, 5.41) is 0. The first-order valence-electron chi connectivity index (χ1n) is 7.74. The summed E-state index contributed by atoms with van der Waals surface area (Å²) in [5.41, 5.74) is 0.0181. The van der Waals surface area contributed by atoms with E-state index in [1.54, 1.807) is 0 Å². The zero-order valence-electron chi connectivity index (χ0n) is 13.5. The average molecular weight is 269 g/mol. The van der Waals surface area contributed by atoms with Gasteiger partial charge in [0, 0.05) is 25.0 Å². The molecule has 19 heavy (non-hydrogen) atoms. The van der Waals surface area contributed by atoms with Crippen molar-refractivity contribution in [1.82, 2.24) is 4.90 Å². The van der Waals surface area contributed by atoms with Crippen molar-refractivity contribution in [1.29, 1.82) is 0 Å². The third-order valence-electron chi connectivity index (χ3n) is 4.70. The summed E-state index contributed by atoms with van der Waals surface area (Å²) in [4.78, 5) is 2.56. The van der Waals surface area contributed by atoms with Crippen molar-refractivity contribution in [2.45, 2.75) is 59.9 Å². The minimum absolute atomic E-state index is 0.0181. The number of likely N-dealkylation sites (tertiary alicyclic amines) is 1. The molecule has 4 atom stereocenters. The average Bonchev–Trinajstić information content (AvgIpc) is 2.58. The monoisotopic (exact) mass is 269 g/mol. The van der Waals surface area contributed by atoms with Gasteiger partial charge >= 0.3 is 0 Å². The van der Waals surface area contributed by atoms with Gasteiger partial charge in [0.05, 0.1) is 12.7 Å². The van der Waals surface area contributed by atoms with Gasteiger partial charge < -0.3 is 14.4 Å². The number of ether oxygens (including phenoxy) is 2. The molecule has 0 saturated carbocycles. The summed E-state index contributed by atoms with van der Waals surface area (Å²) in [6, 6.07) is 0. The second kappa shape index (κ2) is 5.34. The largest absolute Gasteiger partial charge is 0.347 e. The quantitative estimate of drug-likeness (QED) is 0.768. The number of nitrogens with zero attached hydrogens (tertiary/aromatic N) is 1. The van der Waals surface area contributed by atoms with E-state index in [-0.39, 0.29) is 11.5 Å². The summed E-state index contributed by atoms with van der Waals surface area (Å²) >= 11 is 0. The second-order valence-corrected chi connectivity index (χ2v) is 7.91. The van der Waals surface area contributed by atoms with Crippen LogP contribution >= 0.6 is 0 Å². The molecule has 2 fully saturated rings. The Morgan fingerprint density at radius 2 is 1.74 bits per heavy atom. The SMILES string of the molecule is CC1CC(C)CN(CC2COC(C)(C(C)(C)C)O2)C1. The van der Waals surface area contributed by atoms with Crippen LogP contribution in [0.2, 0.25) is 0 Å². The predicted molar refractivity (Wildman–Crippen MR) is 78.1 cm³/mol. The first-order valence-corrected chi connectivity index (χ1v) is 7.74. The van der Waals surface area contributed by atoms with Gasteiger partial charge in [0.2, 0.25) is 0 Å². The maximum atomic E-state index is 6.22. The first kappa shape index (κ1) is 15.3. The Morgan fingerprint density at radius 3 is 2.21 bits per heavy atom. The lowest BCUT2D eigenvalue weighted by molar-refractivity contribution is -0.218. The van der Waals surface area contributed by atoms with E-state index >= 15 is 0 Å². The molecule has 2 aliphatic heterocycles. The fourth-order valence-corrected chi connectivity index (χ4v) is 3.35. The highest BCUT2D eigenvalue weighted by Gasteiger charge is 2.46. The Balaban J connectivity index is 1.88. The summed E-state index contributed by atoms with van der Waals surface area (Å²) < 4.78 is 12.2. The molecular formula is C16H31NO2. The van der Waals surface area contributed by atoms with E-state index in [1.165, 1.54) is 19.5 Å². The van der Waals surface area contributed by atoms with Crippen molar-refractivity contribution in [3.63, 3.8) is 0 Å². The van der Waals surface area contributed by atoms with Crippen LogP contribution in [0.5, 0.6) is 0 Å². The van der Waals surface area contributed by atoms with Gasteiger partial charge in [0.25, 0.3) is 0 Å². The van der Waals surface area contributed by atoms with Crippen LogP contribution in [0.15, 0.2) is 0 Å². The Bertz CT molecular complexity index is 302. The van der Waals surface area contributed by atoms with Crippen molar-refractivity contribution in [3.05, 3.63) is 0 Å². The standard InChI is InChI=1S/C16H31NO2/c1-12-7-13(2)9-17(8-12)10-14-11-18-16(6,19-14)15(3,4)5/h12-14H,7-11H2,1-6H3. The fourth-order valence-electron chi connectivity index (χ4n) is 3.35. The maximum Gasteiger partial charge on any atom is 0.170 e. The third-order valence-corrected chi connectivity index (χ3v) is 4.70. The molecule has 2 aliphatic rings. The van der Waals surface area contributed by atoms with Gasteiger partial charge in [0.15, 0.2) is 5.79 Å². The van der Waals surface area contributed by atoms with E-state index in [9.17, 15) is 0 Å². The van der Waals surface area contributed by atoms with Gasteiger partial charge in [-0.1, -0.05) is 34.6 Å². The van der Waals surface area contributed by atoms with Gasteiger partial charge in [-0.15, -0.1) is 0 Å². The van der Waals surface area contributed by atoms with E-state index in [1.807, 2.05) is 0 Å². The number of hydrogen-bond acceptors (Lipinski definition) is 3. The Hall–Kier alpha value is -0.120. The van der Waals surface area contributed by atoms with Crippen LogP contribution in [-0.2, 0) is 9.47 Å². The molecule has 0 N–H and O–H groups in total. The molecule has 2 rings (SSSR count). The summed E-state index contributed by atoms with van der Waals surface area (Å²) in [7, 11) is 0. The highest BCUT2D eigenvalue weighted by molar-refractivity contribution is 4.87. The molecule has 4 unspecified atom stereocenters. The van der Waals surface area contributed by atoms with Crippen molar-refractivity contribution in [3.8, 4) is 0 Å². The normalized spacial score (nSPS) is 41.7. The van der Waals surface area contributed by atoms with E-state index in [2.05, 4.69) is 46.4 Å². The predicted octanol–water partition coefficient (Wildman–Crippen LogP) is 3.14. The van der Waals surface area contributed by atoms with Crippen LogP contribution in [0, 0.1) is 17.3 Å². The number of piperidine rings is 1. The molecule has 0 spiro atoms. The third kappa shape index (κ3) is 3.50. The molecule has 3 heteroatoms. The molecule has 2 saturated heterocycles. The van der Waals surface area contributed by atoms with Crippen molar-refractivity contribution in [2.75, 3.05) is 26.2 Å². The Labute approximate surface area is 118 Å². The summed E-state index contributed by atoms with van der Waals surface area (Å²) in [5.74, 6) is 1.17. The van der Waals surface area contributed by atoms with Gasteiger partial charge in [-0.3, -0.25) is 0 Å². The minimum Gasteiger partial charge on any atom is -0.347 e. The topological polar surface area (TPSA) is 21.7 Å². The molecule has 0 radical (unpaired) electrons. The van der Waals surface area contributed by atoms with Crippen LogP contribution in [0.1, 0.15) is 48.0 Å². The molecule has 0 aliphatic carbocycles. The van der Waals surface area contributed by atoms with Gasteiger partial charge in [-0.25, -0.2) is 0 Å². The van der Waals surface area contributed by atoms with Crippen LogP contribution in [0.3, 0.4) is 0 Å². The molecule has 112 valence electrons. The molecule has 0 aromatic rings. The van der Waals surface area contributed by atoms with Gasteiger partial charge in [0.1, 0.15) is 0 Å². The van der Waals surface area contributed by atoms with E-state index in [4.69, 9.17) is 9.47 Å². The lowest BCUT2D eigenvalue weighted by Crippen LogP contribution is -2.45. The summed E-state index contributed by atoms with van der Waals surface area (Å²) in [6.07, 6.45) is 1.58. The highest BCUT2D eigenvalue weighted by Crippen LogP contribution is 2.39. The zero-order chi connectivity index (χ0) is 14.3. The molecular weight excluding hydrogens is 238 g/mol. The Kier molecular flexibility index (Phi) is 4.29. The van der Waals surface area contributed by atoms with E-state index in [0.717, 1.165) is 25.0 Å². The van der Waals surface area contributed by atoms with Crippen LogP contribution in [0.25, 0.3) is 0 Å². The van der Waals surface area contributed by atoms with Gasteiger partial charge in [-0.2, -0.15) is 0 Å². The zero-order valence-corrected chi connectivity index (χ0v) is 13.5. The first-order chi connectivity index (χ1) is 8.69. The van der Waals surface area contributed by atoms with Gasteiger partial charge in [-0.05, 0) is 25.2 Å².